The van der Waals surface area contributed by atoms with E-state index in [1.54, 1.807) is 11.8 Å². The molecular weight excluding hydrogens is 266 g/mol. The molecule has 0 saturated heterocycles. The van der Waals surface area contributed by atoms with Gasteiger partial charge in [0.25, 0.3) is 0 Å². The maximum absolute atomic E-state index is 11.5. The van der Waals surface area contributed by atoms with Crippen LogP contribution in [0.4, 0.5) is 0 Å². The second kappa shape index (κ2) is 8.44. The van der Waals surface area contributed by atoms with Gasteiger partial charge in [-0.3, -0.25) is 4.79 Å². The number of nitrogens with one attached hydrogen (secondary N) is 1. The normalized spacial score (nSPS) is 12.2. The highest BCUT2D eigenvalue weighted by Crippen LogP contribution is 2.21. The van der Waals surface area contributed by atoms with Gasteiger partial charge in [0.1, 0.15) is 0 Å². The van der Waals surface area contributed by atoms with E-state index in [0.29, 0.717) is 6.42 Å². The Hall–Kier alpha value is -0.670. The summed E-state index contributed by atoms with van der Waals surface area (Å²) in [7, 11) is 0. The quantitative estimate of drug-likeness (QED) is 0.603. The number of carbonyl (C=O) groups is 1. The molecule has 0 aliphatic heterocycles. The molecule has 2 nitrogen and oxygen atoms in total. The molecule has 0 saturated carbocycles. The van der Waals surface area contributed by atoms with E-state index in [-0.39, 0.29) is 11.9 Å². The molecule has 4 heteroatoms. The van der Waals surface area contributed by atoms with Crippen LogP contribution in [0.15, 0.2) is 29.2 Å². The van der Waals surface area contributed by atoms with Gasteiger partial charge in [0.05, 0.1) is 0 Å². The fourth-order valence-electron chi connectivity index (χ4n) is 1.40. The minimum Gasteiger partial charge on any atom is -0.354 e. The molecule has 1 amide bonds. The summed E-state index contributed by atoms with van der Waals surface area (Å²) in [5.41, 5.74) is 0. The first-order valence-electron chi connectivity index (χ1n) is 6.29. The van der Waals surface area contributed by atoms with E-state index >= 15 is 0 Å². The third kappa shape index (κ3) is 6.31. The molecule has 18 heavy (non-hydrogen) atoms. The van der Waals surface area contributed by atoms with Crippen molar-refractivity contribution in [2.45, 2.75) is 44.0 Å². The monoisotopic (exact) mass is 285 g/mol. The number of thioether (sulfide) groups is 1. The third-order valence-corrected chi connectivity index (χ3v) is 4.00. The molecule has 1 N–H and O–H groups in total. The topological polar surface area (TPSA) is 29.1 Å². The zero-order valence-electron chi connectivity index (χ0n) is 10.9. The van der Waals surface area contributed by atoms with Gasteiger partial charge in [-0.05, 0) is 49.8 Å². The Kier molecular flexibility index (Phi) is 7.21. The zero-order chi connectivity index (χ0) is 13.4. The van der Waals surface area contributed by atoms with Crippen LogP contribution in [0.3, 0.4) is 0 Å². The van der Waals surface area contributed by atoms with Crippen LogP contribution < -0.4 is 5.32 Å². The average Bonchev–Trinajstić information content (AvgIpc) is 2.36. The second-order valence-electron chi connectivity index (χ2n) is 4.28. The lowest BCUT2D eigenvalue weighted by Gasteiger charge is -2.10. The Labute approximate surface area is 118 Å². The van der Waals surface area contributed by atoms with E-state index in [2.05, 4.69) is 12.2 Å². The van der Waals surface area contributed by atoms with Crippen LogP contribution in [0.25, 0.3) is 0 Å². The number of rotatable bonds is 7. The summed E-state index contributed by atoms with van der Waals surface area (Å²) in [5, 5.41) is 3.73. The molecule has 0 aliphatic rings. The van der Waals surface area contributed by atoms with Crippen molar-refractivity contribution < 1.29 is 4.79 Å². The summed E-state index contributed by atoms with van der Waals surface area (Å²) < 4.78 is 0. The zero-order valence-corrected chi connectivity index (χ0v) is 12.5. The van der Waals surface area contributed by atoms with Crippen molar-refractivity contribution in [3.63, 3.8) is 0 Å². The molecule has 0 fully saturated rings. The maximum atomic E-state index is 11.5. The first kappa shape index (κ1) is 15.4. The Morgan fingerprint density at radius 1 is 1.39 bits per heavy atom. The Bertz CT molecular complexity index is 367. The SMILES string of the molecule is CCC(C)NC(=O)CCCSc1ccc(Cl)cc1. The van der Waals surface area contributed by atoms with Gasteiger partial charge in [0, 0.05) is 22.4 Å². The van der Waals surface area contributed by atoms with E-state index < -0.39 is 0 Å². The first-order valence-corrected chi connectivity index (χ1v) is 7.66. The van der Waals surface area contributed by atoms with Crippen LogP contribution in [0, 0.1) is 0 Å². The number of halogens is 1. The van der Waals surface area contributed by atoms with Crippen molar-refractivity contribution in [3.05, 3.63) is 29.3 Å². The lowest BCUT2D eigenvalue weighted by Crippen LogP contribution is -2.31. The van der Waals surface area contributed by atoms with Crippen molar-refractivity contribution in [1.82, 2.24) is 5.32 Å². The number of amides is 1. The highest BCUT2D eigenvalue weighted by molar-refractivity contribution is 7.99. The number of benzene rings is 1. The second-order valence-corrected chi connectivity index (χ2v) is 5.89. The van der Waals surface area contributed by atoms with Crippen molar-refractivity contribution >= 4 is 29.3 Å². The van der Waals surface area contributed by atoms with Crippen LogP contribution >= 0.6 is 23.4 Å². The number of hydrogen-bond donors (Lipinski definition) is 1. The molecule has 1 aromatic carbocycles. The molecule has 0 aliphatic carbocycles. The Morgan fingerprint density at radius 2 is 2.06 bits per heavy atom. The average molecular weight is 286 g/mol. The Morgan fingerprint density at radius 3 is 2.67 bits per heavy atom. The molecule has 1 aromatic rings. The van der Waals surface area contributed by atoms with E-state index in [1.807, 2.05) is 31.2 Å². The fraction of sp³-hybridized carbons (Fsp3) is 0.500. The smallest absolute Gasteiger partial charge is 0.220 e. The standard InChI is InChI=1S/C14H20ClNOS/c1-3-11(2)16-14(17)5-4-10-18-13-8-6-12(15)7-9-13/h6-9,11H,3-5,10H2,1-2H3,(H,16,17). The minimum absolute atomic E-state index is 0.154. The molecule has 0 bridgehead atoms. The van der Waals surface area contributed by atoms with E-state index in [1.165, 1.54) is 4.90 Å². The van der Waals surface area contributed by atoms with Crippen LogP contribution in [0.2, 0.25) is 5.02 Å². The lowest BCUT2D eigenvalue weighted by atomic mass is 10.2. The summed E-state index contributed by atoms with van der Waals surface area (Å²) >= 11 is 7.57. The van der Waals surface area contributed by atoms with Crippen LogP contribution in [0.1, 0.15) is 33.1 Å². The molecule has 0 aromatic heterocycles. The summed E-state index contributed by atoms with van der Waals surface area (Å²) in [6.07, 6.45) is 2.48. The van der Waals surface area contributed by atoms with Crippen molar-refractivity contribution in [2.24, 2.45) is 0 Å². The summed E-state index contributed by atoms with van der Waals surface area (Å²) in [5.74, 6) is 1.11. The molecular formula is C14H20ClNOS. The first-order chi connectivity index (χ1) is 8.61. The molecule has 0 spiro atoms. The van der Waals surface area contributed by atoms with Gasteiger partial charge in [-0.2, -0.15) is 0 Å². The predicted molar refractivity (Wildman–Crippen MR) is 79.3 cm³/mol. The molecule has 0 radical (unpaired) electrons. The highest BCUT2D eigenvalue weighted by Gasteiger charge is 2.04. The van der Waals surface area contributed by atoms with Gasteiger partial charge < -0.3 is 5.32 Å². The third-order valence-electron chi connectivity index (χ3n) is 2.65. The molecule has 100 valence electrons. The number of hydrogen-bond acceptors (Lipinski definition) is 2. The van der Waals surface area contributed by atoms with Crippen LogP contribution in [-0.4, -0.2) is 17.7 Å². The van der Waals surface area contributed by atoms with Crippen molar-refractivity contribution in [1.29, 1.82) is 0 Å². The van der Waals surface area contributed by atoms with Crippen molar-refractivity contribution in [2.75, 3.05) is 5.75 Å². The molecule has 1 atom stereocenters. The summed E-state index contributed by atoms with van der Waals surface area (Å²) in [6, 6.07) is 8.07. The summed E-state index contributed by atoms with van der Waals surface area (Å²) in [6.45, 7) is 4.10. The van der Waals surface area contributed by atoms with Gasteiger partial charge in [0.2, 0.25) is 5.91 Å². The van der Waals surface area contributed by atoms with E-state index in [9.17, 15) is 4.79 Å². The van der Waals surface area contributed by atoms with Crippen LogP contribution in [-0.2, 0) is 4.79 Å². The van der Waals surface area contributed by atoms with Gasteiger partial charge in [-0.25, -0.2) is 0 Å². The van der Waals surface area contributed by atoms with Gasteiger partial charge >= 0.3 is 0 Å². The summed E-state index contributed by atoms with van der Waals surface area (Å²) in [4.78, 5) is 12.7. The molecule has 1 unspecified atom stereocenters. The van der Waals surface area contributed by atoms with Gasteiger partial charge in [-0.15, -0.1) is 11.8 Å². The van der Waals surface area contributed by atoms with Gasteiger partial charge in [-0.1, -0.05) is 18.5 Å². The van der Waals surface area contributed by atoms with Crippen molar-refractivity contribution in [3.8, 4) is 0 Å². The molecule has 1 rings (SSSR count). The predicted octanol–water partition coefficient (Wildman–Crippen LogP) is 4.13. The fourth-order valence-corrected chi connectivity index (χ4v) is 2.38. The minimum atomic E-state index is 0.154. The van der Waals surface area contributed by atoms with Crippen LogP contribution in [0.5, 0.6) is 0 Å². The Balaban J connectivity index is 2.15. The maximum Gasteiger partial charge on any atom is 0.220 e. The largest absolute Gasteiger partial charge is 0.354 e. The number of carbonyl (C=O) groups excluding carboxylic acids is 1. The van der Waals surface area contributed by atoms with E-state index in [0.717, 1.165) is 23.6 Å². The van der Waals surface area contributed by atoms with E-state index in [4.69, 9.17) is 11.6 Å². The molecule has 0 heterocycles. The van der Waals surface area contributed by atoms with Gasteiger partial charge in [0.15, 0.2) is 0 Å². The highest BCUT2D eigenvalue weighted by atomic mass is 35.5. The lowest BCUT2D eigenvalue weighted by molar-refractivity contribution is -0.121.